The minimum atomic E-state index is -1.05. The minimum Gasteiger partial charge on any atom is -0.393 e. The SMILES string of the molecule is COC1CC2CCC(=O)[C@]3(C#C[C@H](CC[C@H](O)CCC4CC(N)[NH2+]CC4CC4=C[CH+]N=C4)C2CC1O)CC[C@H](CC[C@H]1C[C@H]2CCC(=O)C[C@H]2[NH2+]C12CCCCC2)C[C@H]3O. The Labute approximate surface area is 360 Å². The van der Waals surface area contributed by atoms with Gasteiger partial charge in [-0.3, -0.25) is 15.3 Å². The van der Waals surface area contributed by atoms with E-state index < -0.39 is 23.7 Å². The predicted molar refractivity (Wildman–Crippen MR) is 232 cm³/mol. The Morgan fingerprint density at radius 3 is 2.55 bits per heavy atom. The topological polar surface area (TPSA) is 176 Å². The van der Waals surface area contributed by atoms with Crippen LogP contribution in [0.5, 0.6) is 0 Å². The van der Waals surface area contributed by atoms with Crippen LogP contribution < -0.4 is 16.4 Å². The zero-order chi connectivity index (χ0) is 41.9. The van der Waals surface area contributed by atoms with Crippen LogP contribution in [0, 0.1) is 71.1 Å². The summed E-state index contributed by atoms with van der Waals surface area (Å²) in [6, 6.07) is 0.469. The summed E-state index contributed by atoms with van der Waals surface area (Å²) < 4.78 is 5.75. The average Bonchev–Trinajstić information content (AvgIpc) is 3.77. The van der Waals surface area contributed by atoms with Gasteiger partial charge in [-0.1, -0.05) is 18.3 Å². The molecule has 8 aliphatic rings. The van der Waals surface area contributed by atoms with Crippen molar-refractivity contribution < 1.29 is 40.3 Å². The van der Waals surface area contributed by atoms with E-state index in [1.54, 1.807) is 7.11 Å². The molecule has 6 fully saturated rings. The standard InChI is InChI=1S/C50H77N4O6/c1-60-45-26-36-9-14-46(58)49(20-15-32(24-47(49)59)5-10-39-25-37-8-13-41(56)28-43(37)54-50(39)18-3-2-4-19-50)21-16-34(42(36)29-44(45)57)6-11-40(55)12-7-35-27-48(51)53-31-38(35)23-33-17-22-52-30-33/h17,22,30,32,34-40,42-45,47-48,53-55,57,59H,2-15,18-20,23-29,31,51H2,1H3/q+1/p+2/t32-,34-,35?,36?,37+,38?,39-,40-,42?,43+,44?,45?,47+,48?,49+/m0/s1. The lowest BCUT2D eigenvalue weighted by Crippen LogP contribution is -3.05. The van der Waals surface area contributed by atoms with Crippen molar-refractivity contribution in [2.45, 2.75) is 196 Å². The molecule has 10 nitrogen and oxygen atoms in total. The number of ketones is 2. The maximum Gasteiger partial charge on any atom is 0.176 e. The lowest BCUT2D eigenvalue weighted by atomic mass is 9.60. The monoisotopic (exact) mass is 832 g/mol. The van der Waals surface area contributed by atoms with Crippen molar-refractivity contribution in [3.05, 3.63) is 18.2 Å². The fourth-order valence-electron chi connectivity index (χ4n) is 14.3. The number of hydrogen-bond donors (Lipinski definition) is 6. The second kappa shape index (κ2) is 19.7. The summed E-state index contributed by atoms with van der Waals surface area (Å²) in [4.78, 5) is 31.1. The zero-order valence-corrected chi connectivity index (χ0v) is 36.7. The molecule has 0 aromatic rings. The fraction of sp³-hybridized carbons (Fsp3) is 0.840. The third kappa shape index (κ3) is 9.98. The van der Waals surface area contributed by atoms with Crippen molar-refractivity contribution >= 4 is 17.8 Å². The van der Waals surface area contributed by atoms with E-state index in [4.69, 9.17) is 10.5 Å². The van der Waals surface area contributed by atoms with Gasteiger partial charge in [0.05, 0.1) is 55.0 Å². The summed E-state index contributed by atoms with van der Waals surface area (Å²) in [5.41, 5.74) is 6.90. The molecule has 9 N–H and O–H groups in total. The number of ether oxygens (including phenoxy) is 1. The second-order valence-corrected chi connectivity index (χ2v) is 21.5. The highest BCUT2D eigenvalue weighted by Gasteiger charge is 2.53. The molecule has 2 saturated heterocycles. The molecule has 10 heteroatoms. The van der Waals surface area contributed by atoms with Gasteiger partial charge < -0.3 is 30.7 Å². The van der Waals surface area contributed by atoms with Gasteiger partial charge in [-0.25, -0.2) is 0 Å². The first-order valence-electron chi connectivity index (χ1n) is 24.7. The van der Waals surface area contributed by atoms with E-state index in [0.29, 0.717) is 92.8 Å². The molecule has 4 saturated carbocycles. The van der Waals surface area contributed by atoms with Crippen LogP contribution in [0.15, 0.2) is 16.6 Å². The summed E-state index contributed by atoms with van der Waals surface area (Å²) in [6.45, 7) is 2.86. The molecule has 2 spiro atoms. The number of nitrogens with zero attached hydrogens (tertiary/aromatic N) is 1. The summed E-state index contributed by atoms with van der Waals surface area (Å²) in [6.07, 6.45) is 24.0. The molecular weight excluding hydrogens is 753 g/mol. The Kier molecular flexibility index (Phi) is 14.6. The molecule has 332 valence electrons. The molecule has 5 aliphatic carbocycles. The number of aliphatic hydroxyl groups is 3. The number of methoxy groups -OCH3 is 1. The van der Waals surface area contributed by atoms with Crippen LogP contribution >= 0.6 is 0 Å². The van der Waals surface area contributed by atoms with Crippen molar-refractivity contribution in [1.29, 1.82) is 0 Å². The molecule has 0 bridgehead atoms. The van der Waals surface area contributed by atoms with Crippen LogP contribution in [-0.2, 0) is 14.3 Å². The van der Waals surface area contributed by atoms with Crippen LogP contribution in [0.1, 0.15) is 154 Å². The van der Waals surface area contributed by atoms with E-state index in [2.05, 4.69) is 33.5 Å². The highest BCUT2D eigenvalue weighted by atomic mass is 16.5. The van der Waals surface area contributed by atoms with Gasteiger partial charge in [0, 0.05) is 69.3 Å². The predicted octanol–water partition coefficient (Wildman–Crippen LogP) is 4.29. The number of quaternary nitrogens is 2. The lowest BCUT2D eigenvalue weighted by Gasteiger charge is -2.51. The fourth-order valence-corrected chi connectivity index (χ4v) is 14.3. The molecule has 0 aromatic heterocycles. The maximum atomic E-state index is 14.4. The number of aliphatic imine (C=N–C) groups is 1. The van der Waals surface area contributed by atoms with Gasteiger partial charge in [0.15, 0.2) is 12.0 Å². The Balaban J connectivity index is 0.926. The van der Waals surface area contributed by atoms with Crippen LogP contribution in [0.2, 0.25) is 0 Å². The third-order valence-electron chi connectivity index (χ3n) is 18.0. The van der Waals surface area contributed by atoms with Gasteiger partial charge >= 0.3 is 0 Å². The van der Waals surface area contributed by atoms with E-state index in [1.165, 1.54) is 50.5 Å². The highest BCUT2D eigenvalue weighted by Crippen LogP contribution is 2.49. The van der Waals surface area contributed by atoms with Gasteiger partial charge in [0.1, 0.15) is 29.5 Å². The molecule has 3 aliphatic heterocycles. The molecule has 8 rings (SSSR count). The van der Waals surface area contributed by atoms with Crippen LogP contribution in [-0.4, -0.2) is 88.9 Å². The number of hydrogen-bond acceptors (Lipinski definition) is 8. The summed E-state index contributed by atoms with van der Waals surface area (Å²) in [5.74, 6) is 10.6. The molecule has 15 atom stereocenters. The summed E-state index contributed by atoms with van der Waals surface area (Å²) in [5, 5.41) is 39.8. The van der Waals surface area contributed by atoms with E-state index in [0.717, 1.165) is 64.3 Å². The van der Waals surface area contributed by atoms with Crippen molar-refractivity contribution in [1.82, 2.24) is 0 Å². The molecule has 0 amide bonds. The first-order valence-corrected chi connectivity index (χ1v) is 24.7. The summed E-state index contributed by atoms with van der Waals surface area (Å²) >= 11 is 0. The number of rotatable bonds is 12. The minimum absolute atomic E-state index is 0.0757. The first kappa shape index (κ1) is 44.5. The third-order valence-corrected chi connectivity index (χ3v) is 18.0. The number of Topliss-reactive ketones (excluding diaryl/α,β-unsaturated/α-hetero) is 2. The highest BCUT2D eigenvalue weighted by molar-refractivity contribution is 5.89. The number of piperidine rings is 2. The first-order chi connectivity index (χ1) is 29.0. The number of aliphatic hydroxyl groups excluding tert-OH is 3. The molecular formula is C50H79N4O6+3. The van der Waals surface area contributed by atoms with E-state index in [9.17, 15) is 24.9 Å². The quantitative estimate of drug-likeness (QED) is 0.126. The zero-order valence-electron chi connectivity index (χ0n) is 36.7. The number of allylic oxidation sites excluding steroid dienone is 1. The van der Waals surface area contributed by atoms with E-state index in [-0.39, 0.29) is 41.3 Å². The van der Waals surface area contributed by atoms with Gasteiger partial charge in [-0.05, 0) is 126 Å². The van der Waals surface area contributed by atoms with Crippen molar-refractivity contribution in [3.63, 3.8) is 0 Å². The average molecular weight is 832 g/mol. The van der Waals surface area contributed by atoms with Crippen LogP contribution in [0.4, 0.5) is 0 Å². The smallest absolute Gasteiger partial charge is 0.176 e. The number of carbonyl (C=O) groups excluding carboxylic acids is 2. The maximum absolute atomic E-state index is 14.4. The van der Waals surface area contributed by atoms with Crippen LogP contribution in [0.25, 0.3) is 0 Å². The summed E-state index contributed by atoms with van der Waals surface area (Å²) in [7, 11) is 1.67. The Hall–Kier alpha value is -2.10. The number of nitrogens with two attached hydrogens (primary N) is 3. The van der Waals surface area contributed by atoms with Gasteiger partial charge in [-0.2, -0.15) is 0 Å². The largest absolute Gasteiger partial charge is 0.393 e. The van der Waals surface area contributed by atoms with Gasteiger partial charge in [0.25, 0.3) is 0 Å². The van der Waals surface area contributed by atoms with Gasteiger partial charge in [0.2, 0.25) is 0 Å². The van der Waals surface area contributed by atoms with Crippen LogP contribution in [0.3, 0.4) is 0 Å². The molecule has 3 heterocycles. The second-order valence-electron chi connectivity index (χ2n) is 21.5. The Morgan fingerprint density at radius 2 is 1.77 bits per heavy atom. The van der Waals surface area contributed by atoms with Crippen molar-refractivity contribution in [2.24, 2.45) is 63.5 Å². The Morgan fingerprint density at radius 1 is 0.950 bits per heavy atom. The van der Waals surface area contributed by atoms with Crippen molar-refractivity contribution in [2.75, 3.05) is 13.7 Å². The van der Waals surface area contributed by atoms with E-state index in [1.807, 2.05) is 12.8 Å². The molecule has 60 heavy (non-hydrogen) atoms. The van der Waals surface area contributed by atoms with Gasteiger partial charge in [-0.15, -0.1) is 4.99 Å². The van der Waals surface area contributed by atoms with Crippen molar-refractivity contribution in [3.8, 4) is 11.8 Å². The Bertz CT molecular complexity index is 1620. The molecule has 0 aromatic carbocycles. The molecule has 0 radical (unpaired) electrons. The number of carbonyl (C=O) groups is 2. The lowest BCUT2D eigenvalue weighted by molar-refractivity contribution is -0.782. The molecule has 7 unspecified atom stereocenters. The van der Waals surface area contributed by atoms with E-state index >= 15 is 0 Å². The normalized spacial score (nSPS) is 42.1. The number of fused-ring (bicyclic) bond motifs is 2.